The minimum Gasteiger partial charge on any atom is -0.236 e. The Morgan fingerprint density at radius 2 is 1.58 bits per heavy atom. The van der Waals surface area contributed by atoms with Gasteiger partial charge in [-0.2, -0.15) is 0 Å². The molecule has 24 heavy (non-hydrogen) atoms. The highest BCUT2D eigenvalue weighted by molar-refractivity contribution is 6.07. The Morgan fingerprint density at radius 1 is 0.875 bits per heavy atom. The van der Waals surface area contributed by atoms with E-state index < -0.39 is 0 Å². The summed E-state index contributed by atoms with van der Waals surface area (Å²) in [6.07, 6.45) is 2.11. The van der Waals surface area contributed by atoms with Crippen LogP contribution in [0.4, 0.5) is 0 Å². The number of aromatic nitrogens is 2. The normalized spacial score (nSPS) is 11.5. The average Bonchev–Trinajstić information content (AvgIpc) is 2.80. The highest BCUT2D eigenvalue weighted by Crippen LogP contribution is 2.33. The van der Waals surface area contributed by atoms with Gasteiger partial charge in [0.2, 0.25) is 0 Å². The largest absolute Gasteiger partial charge is 0.289 e. The highest BCUT2D eigenvalue weighted by atomic mass is 15.1. The molecule has 0 radical (unpaired) electrons. The van der Waals surface area contributed by atoms with E-state index in [2.05, 4.69) is 92.7 Å². The second-order valence-electron chi connectivity index (χ2n) is 6.92. The number of hydrogen-bond donors (Lipinski definition) is 0. The fraction of sp³-hybridized carbons (Fsp3) is 0.227. The first-order valence-corrected chi connectivity index (χ1v) is 8.42. The second-order valence-corrected chi connectivity index (χ2v) is 6.92. The van der Waals surface area contributed by atoms with Crippen molar-refractivity contribution in [1.82, 2.24) is 4.57 Å². The van der Waals surface area contributed by atoms with Gasteiger partial charge in [-0.1, -0.05) is 23.8 Å². The number of pyridine rings is 1. The van der Waals surface area contributed by atoms with Crippen LogP contribution in [0.3, 0.4) is 0 Å². The van der Waals surface area contributed by atoms with Gasteiger partial charge in [-0.05, 0) is 67.3 Å². The lowest BCUT2D eigenvalue weighted by Crippen LogP contribution is -2.29. The molecule has 2 heterocycles. The predicted molar refractivity (Wildman–Crippen MR) is 101 cm³/mol. The summed E-state index contributed by atoms with van der Waals surface area (Å²) in [5.41, 5.74) is 9.21. The van der Waals surface area contributed by atoms with Crippen LogP contribution in [0.5, 0.6) is 0 Å². The minimum atomic E-state index is 1.25. The molecule has 0 spiro atoms. The first-order valence-electron chi connectivity index (χ1n) is 8.42. The maximum Gasteiger partial charge on any atom is 0.289 e. The van der Waals surface area contributed by atoms with Crippen LogP contribution in [0.1, 0.15) is 16.7 Å². The molecule has 0 fully saturated rings. The Bertz CT molecular complexity index is 1080. The van der Waals surface area contributed by atoms with Gasteiger partial charge in [-0.3, -0.25) is 0 Å². The fourth-order valence-corrected chi connectivity index (χ4v) is 4.18. The lowest BCUT2D eigenvalue weighted by molar-refractivity contribution is -0.647. The summed E-state index contributed by atoms with van der Waals surface area (Å²) < 4.78 is 4.47. The Morgan fingerprint density at radius 3 is 2.29 bits per heavy atom. The van der Waals surface area contributed by atoms with Gasteiger partial charge in [0.15, 0.2) is 0 Å². The van der Waals surface area contributed by atoms with Gasteiger partial charge >= 0.3 is 0 Å². The van der Waals surface area contributed by atoms with Crippen molar-refractivity contribution in [2.45, 2.75) is 20.8 Å². The number of nitrogens with zero attached hydrogens (tertiary/aromatic N) is 2. The third-order valence-corrected chi connectivity index (χ3v) is 5.08. The Labute approximate surface area is 143 Å². The SMILES string of the molecule is Cc1cc(C)c(-c2ccc3c(c2)c2ccc[n+](C)c2n3C)c(C)c1. The van der Waals surface area contributed by atoms with Crippen molar-refractivity contribution in [2.75, 3.05) is 0 Å². The molecule has 120 valence electrons. The molecular weight excluding hydrogens is 292 g/mol. The van der Waals surface area contributed by atoms with Crippen LogP contribution in [-0.4, -0.2) is 4.57 Å². The smallest absolute Gasteiger partial charge is 0.236 e. The van der Waals surface area contributed by atoms with Crippen molar-refractivity contribution in [3.63, 3.8) is 0 Å². The Hall–Kier alpha value is -2.61. The Kier molecular flexibility index (Phi) is 3.24. The first-order chi connectivity index (χ1) is 11.5. The van der Waals surface area contributed by atoms with Gasteiger partial charge in [0.1, 0.15) is 5.52 Å². The molecule has 4 aromatic rings. The molecule has 0 unspecified atom stereocenters. The zero-order chi connectivity index (χ0) is 17.0. The summed E-state index contributed by atoms with van der Waals surface area (Å²) >= 11 is 0. The third kappa shape index (κ3) is 2.06. The first kappa shape index (κ1) is 14.9. The molecule has 0 saturated carbocycles. The lowest BCUT2D eigenvalue weighted by Gasteiger charge is -2.11. The molecule has 2 nitrogen and oxygen atoms in total. The van der Waals surface area contributed by atoms with Crippen LogP contribution >= 0.6 is 0 Å². The molecule has 0 atom stereocenters. The van der Waals surface area contributed by atoms with E-state index in [0.717, 1.165) is 0 Å². The second kappa shape index (κ2) is 5.20. The van der Waals surface area contributed by atoms with Crippen molar-refractivity contribution in [3.8, 4) is 11.1 Å². The zero-order valence-electron chi connectivity index (χ0n) is 15.0. The highest BCUT2D eigenvalue weighted by Gasteiger charge is 2.18. The van der Waals surface area contributed by atoms with E-state index in [4.69, 9.17) is 0 Å². The average molecular weight is 315 g/mol. The summed E-state index contributed by atoms with van der Waals surface area (Å²) in [5, 5.41) is 2.63. The number of aryl methyl sites for hydroxylation is 5. The lowest BCUT2D eigenvalue weighted by atomic mass is 9.93. The monoisotopic (exact) mass is 315 g/mol. The van der Waals surface area contributed by atoms with Crippen molar-refractivity contribution in [1.29, 1.82) is 0 Å². The maximum absolute atomic E-state index is 2.35. The molecule has 2 aromatic heterocycles. The molecule has 0 aliphatic rings. The van der Waals surface area contributed by atoms with Gasteiger partial charge in [-0.15, -0.1) is 0 Å². The van der Waals surface area contributed by atoms with Crippen molar-refractivity contribution in [3.05, 3.63) is 65.4 Å². The summed E-state index contributed by atoms with van der Waals surface area (Å²) in [4.78, 5) is 0. The summed E-state index contributed by atoms with van der Waals surface area (Å²) in [5.74, 6) is 0. The number of benzene rings is 2. The topological polar surface area (TPSA) is 8.81 Å². The van der Waals surface area contributed by atoms with E-state index in [0.29, 0.717) is 0 Å². The quantitative estimate of drug-likeness (QED) is 0.448. The van der Waals surface area contributed by atoms with Gasteiger partial charge in [0.25, 0.3) is 5.65 Å². The fourth-order valence-electron chi connectivity index (χ4n) is 4.18. The summed E-state index contributed by atoms with van der Waals surface area (Å²) in [6, 6.07) is 15.7. The van der Waals surface area contributed by atoms with Gasteiger partial charge in [-0.25, -0.2) is 9.13 Å². The van der Waals surface area contributed by atoms with E-state index in [1.54, 1.807) is 0 Å². The van der Waals surface area contributed by atoms with Crippen LogP contribution in [0, 0.1) is 20.8 Å². The van der Waals surface area contributed by atoms with Gasteiger partial charge in [0.05, 0.1) is 25.7 Å². The summed E-state index contributed by atoms with van der Waals surface area (Å²) in [7, 11) is 4.25. The van der Waals surface area contributed by atoms with Crippen molar-refractivity contribution >= 4 is 21.9 Å². The standard InChI is InChI=1S/C22H23N2/c1-14-11-15(2)21(16(3)12-14)17-8-9-20-19(13-17)18-7-6-10-23(4)22(18)24(20)5/h6-13H,1-5H3/q+1. The van der Waals surface area contributed by atoms with Gasteiger partial charge in [0, 0.05) is 5.39 Å². The molecule has 2 aromatic carbocycles. The van der Waals surface area contributed by atoms with Crippen LogP contribution < -0.4 is 4.57 Å². The number of fused-ring (bicyclic) bond motifs is 3. The molecule has 0 amide bonds. The van der Waals surface area contributed by atoms with Crippen LogP contribution in [-0.2, 0) is 14.1 Å². The molecular formula is C22H23N2+. The van der Waals surface area contributed by atoms with E-state index in [1.165, 1.54) is 49.8 Å². The number of hydrogen-bond acceptors (Lipinski definition) is 0. The van der Waals surface area contributed by atoms with Crippen LogP contribution in [0.15, 0.2) is 48.7 Å². The third-order valence-electron chi connectivity index (χ3n) is 5.08. The Balaban J connectivity index is 2.07. The van der Waals surface area contributed by atoms with E-state index in [-0.39, 0.29) is 0 Å². The molecule has 0 saturated heterocycles. The summed E-state index contributed by atoms with van der Waals surface area (Å²) in [6.45, 7) is 6.59. The van der Waals surface area contributed by atoms with E-state index >= 15 is 0 Å². The van der Waals surface area contributed by atoms with Crippen LogP contribution in [0.2, 0.25) is 0 Å². The van der Waals surface area contributed by atoms with Crippen molar-refractivity contribution < 1.29 is 4.57 Å². The molecule has 0 N–H and O–H groups in total. The minimum absolute atomic E-state index is 1.25. The maximum atomic E-state index is 2.35. The van der Waals surface area contributed by atoms with E-state index in [9.17, 15) is 0 Å². The predicted octanol–water partition coefficient (Wildman–Crippen LogP) is 4.75. The van der Waals surface area contributed by atoms with E-state index in [1.807, 2.05) is 0 Å². The zero-order valence-corrected chi connectivity index (χ0v) is 15.0. The van der Waals surface area contributed by atoms with Crippen molar-refractivity contribution in [2.24, 2.45) is 14.1 Å². The molecule has 2 heteroatoms. The molecule has 0 aliphatic carbocycles. The molecule has 0 aliphatic heterocycles. The van der Waals surface area contributed by atoms with Gasteiger partial charge < -0.3 is 0 Å². The number of rotatable bonds is 1. The molecule has 4 rings (SSSR count). The van der Waals surface area contributed by atoms with Crippen LogP contribution in [0.25, 0.3) is 33.1 Å². The molecule has 0 bridgehead atoms.